The largest absolute Gasteiger partial charge is 0.479 e. The van der Waals surface area contributed by atoms with Crippen molar-refractivity contribution in [3.8, 4) is 0 Å². The Labute approximate surface area is 111 Å². The van der Waals surface area contributed by atoms with E-state index in [2.05, 4.69) is 10.2 Å². The zero-order chi connectivity index (χ0) is 15.2. The average Bonchev–Trinajstić information content (AvgIpc) is 2.35. The van der Waals surface area contributed by atoms with Crippen LogP contribution in [0.5, 0.6) is 0 Å². The fourth-order valence-corrected chi connectivity index (χ4v) is 1.33. The Morgan fingerprint density at radius 3 is 2.50 bits per heavy atom. The molecule has 1 aromatic carbocycles. The highest BCUT2D eigenvalue weighted by Crippen LogP contribution is 2.31. The van der Waals surface area contributed by atoms with Gasteiger partial charge in [-0.3, -0.25) is 4.84 Å². The van der Waals surface area contributed by atoms with Gasteiger partial charge in [-0.2, -0.15) is 13.2 Å². The number of hydrogen-bond donors (Lipinski definition) is 3. The number of nitrogens with one attached hydrogen (secondary N) is 2. The summed E-state index contributed by atoms with van der Waals surface area (Å²) in [5.74, 6) is -1.30. The van der Waals surface area contributed by atoms with Gasteiger partial charge in [-0.15, -0.1) is 0 Å². The monoisotopic (exact) mass is 292 g/mol. The molecule has 20 heavy (non-hydrogen) atoms. The summed E-state index contributed by atoms with van der Waals surface area (Å²) in [7, 11) is 0. The number of carboxylic acids is 1. The molecule has 2 amide bonds. The Hall–Kier alpha value is -2.29. The number of aliphatic carboxylic acids is 1. The van der Waals surface area contributed by atoms with E-state index in [1.54, 1.807) is 5.48 Å². The number of hydrogen-bond acceptors (Lipinski definition) is 3. The molecule has 0 atom stereocenters. The van der Waals surface area contributed by atoms with Gasteiger partial charge in [0.25, 0.3) is 0 Å². The lowest BCUT2D eigenvalue weighted by Gasteiger charge is -2.13. The van der Waals surface area contributed by atoms with Gasteiger partial charge >= 0.3 is 18.2 Å². The first-order chi connectivity index (χ1) is 9.30. The molecule has 1 aromatic rings. The molecule has 9 heteroatoms. The predicted molar refractivity (Wildman–Crippen MR) is 60.4 cm³/mol. The fourth-order valence-electron chi connectivity index (χ4n) is 1.33. The number of carboxylic acid groups (broad SMARTS) is 1. The van der Waals surface area contributed by atoms with Gasteiger partial charge in [-0.05, 0) is 11.6 Å². The standard InChI is InChI=1S/C11H11F3N2O4/c12-11(13,14)8-4-2-1-3-7(8)5-15-10(19)16-20-6-9(17)18/h1-4H,5-6H2,(H,17,18)(H2,15,16,19). The topological polar surface area (TPSA) is 87.7 Å². The van der Waals surface area contributed by atoms with Crippen LogP contribution in [0.1, 0.15) is 11.1 Å². The van der Waals surface area contributed by atoms with Crippen LogP contribution < -0.4 is 10.8 Å². The van der Waals surface area contributed by atoms with Gasteiger partial charge in [-0.1, -0.05) is 18.2 Å². The molecule has 1 rings (SSSR count). The minimum atomic E-state index is -4.52. The number of carbonyl (C=O) groups is 2. The molecule has 0 aliphatic rings. The molecule has 0 spiro atoms. The van der Waals surface area contributed by atoms with E-state index in [1.807, 2.05) is 0 Å². The van der Waals surface area contributed by atoms with Crippen molar-refractivity contribution in [1.82, 2.24) is 10.8 Å². The third-order valence-corrected chi connectivity index (χ3v) is 2.12. The number of carbonyl (C=O) groups excluding carboxylic acids is 1. The number of halogens is 3. The molecule has 0 bridgehead atoms. The van der Waals surface area contributed by atoms with E-state index in [-0.39, 0.29) is 12.1 Å². The van der Waals surface area contributed by atoms with E-state index >= 15 is 0 Å². The quantitative estimate of drug-likeness (QED) is 0.718. The van der Waals surface area contributed by atoms with Gasteiger partial charge in [0, 0.05) is 6.54 Å². The summed E-state index contributed by atoms with van der Waals surface area (Å²) in [6, 6.07) is 3.83. The summed E-state index contributed by atoms with van der Waals surface area (Å²) in [6.45, 7) is -1.13. The van der Waals surface area contributed by atoms with Gasteiger partial charge in [0.05, 0.1) is 5.56 Å². The van der Waals surface area contributed by atoms with Crippen LogP contribution in [0.2, 0.25) is 0 Å². The van der Waals surface area contributed by atoms with Crippen LogP contribution >= 0.6 is 0 Å². The second-order valence-electron chi connectivity index (χ2n) is 3.62. The number of alkyl halides is 3. The van der Waals surface area contributed by atoms with E-state index < -0.39 is 30.3 Å². The van der Waals surface area contributed by atoms with Crippen LogP contribution in [0.15, 0.2) is 24.3 Å². The molecule has 0 saturated carbocycles. The summed E-state index contributed by atoms with van der Waals surface area (Å²) in [5.41, 5.74) is 0.758. The molecule has 0 aromatic heterocycles. The molecule has 0 unspecified atom stereocenters. The van der Waals surface area contributed by atoms with Crippen molar-refractivity contribution in [1.29, 1.82) is 0 Å². The molecule has 0 aliphatic heterocycles. The number of hydroxylamine groups is 1. The van der Waals surface area contributed by atoms with E-state index in [0.717, 1.165) is 6.07 Å². The molecule has 6 nitrogen and oxygen atoms in total. The summed E-state index contributed by atoms with van der Waals surface area (Å²) in [5, 5.41) is 10.4. The number of amides is 2. The lowest BCUT2D eigenvalue weighted by atomic mass is 10.1. The van der Waals surface area contributed by atoms with Crippen molar-refractivity contribution in [2.24, 2.45) is 0 Å². The molecule has 110 valence electrons. The first-order valence-corrected chi connectivity index (χ1v) is 5.33. The Balaban J connectivity index is 2.54. The van der Waals surface area contributed by atoms with Gasteiger partial charge in [-0.25, -0.2) is 15.1 Å². The normalized spacial score (nSPS) is 10.9. The van der Waals surface area contributed by atoms with Crippen molar-refractivity contribution in [2.75, 3.05) is 6.61 Å². The Kier molecular flexibility index (Phi) is 5.32. The third-order valence-electron chi connectivity index (χ3n) is 2.12. The van der Waals surface area contributed by atoms with E-state index in [4.69, 9.17) is 5.11 Å². The Morgan fingerprint density at radius 2 is 1.90 bits per heavy atom. The number of rotatable bonds is 5. The molecule has 0 saturated heterocycles. The third kappa shape index (κ3) is 5.14. The summed E-state index contributed by atoms with van der Waals surface area (Å²) in [4.78, 5) is 25.5. The van der Waals surface area contributed by atoms with Crippen LogP contribution in [-0.4, -0.2) is 23.7 Å². The Bertz CT molecular complexity index is 491. The van der Waals surface area contributed by atoms with Crippen LogP contribution in [-0.2, 0) is 22.4 Å². The van der Waals surface area contributed by atoms with Gasteiger partial charge in [0.1, 0.15) is 0 Å². The highest BCUT2D eigenvalue weighted by atomic mass is 19.4. The maximum atomic E-state index is 12.6. The highest BCUT2D eigenvalue weighted by molar-refractivity contribution is 5.73. The maximum Gasteiger partial charge on any atom is 0.416 e. The molecule has 3 N–H and O–H groups in total. The highest BCUT2D eigenvalue weighted by Gasteiger charge is 2.32. The first kappa shape index (κ1) is 15.8. The molecular formula is C11H11F3N2O4. The minimum absolute atomic E-state index is 0.117. The number of urea groups is 1. The van der Waals surface area contributed by atoms with Crippen LogP contribution in [0.3, 0.4) is 0 Å². The maximum absolute atomic E-state index is 12.6. The summed E-state index contributed by atoms with van der Waals surface area (Å²) >= 11 is 0. The zero-order valence-corrected chi connectivity index (χ0v) is 10.0. The van der Waals surface area contributed by atoms with E-state index in [1.165, 1.54) is 18.2 Å². The van der Waals surface area contributed by atoms with Crippen LogP contribution in [0.25, 0.3) is 0 Å². The first-order valence-electron chi connectivity index (χ1n) is 5.33. The van der Waals surface area contributed by atoms with Crippen molar-refractivity contribution < 1.29 is 32.7 Å². The van der Waals surface area contributed by atoms with E-state index in [0.29, 0.717) is 0 Å². The average molecular weight is 292 g/mol. The SMILES string of the molecule is O=C(O)CONC(=O)NCc1ccccc1C(F)(F)F. The zero-order valence-electron chi connectivity index (χ0n) is 10.0. The number of benzene rings is 1. The van der Waals surface area contributed by atoms with Gasteiger partial charge in [0.15, 0.2) is 6.61 Å². The molecular weight excluding hydrogens is 281 g/mol. The molecule has 0 heterocycles. The molecule has 0 aliphatic carbocycles. The van der Waals surface area contributed by atoms with Crippen molar-refractivity contribution in [3.05, 3.63) is 35.4 Å². The van der Waals surface area contributed by atoms with Crippen molar-refractivity contribution in [2.45, 2.75) is 12.7 Å². The lowest BCUT2D eigenvalue weighted by Crippen LogP contribution is -2.36. The van der Waals surface area contributed by atoms with Gasteiger partial charge in [0.2, 0.25) is 0 Å². The minimum Gasteiger partial charge on any atom is -0.479 e. The van der Waals surface area contributed by atoms with Crippen LogP contribution in [0, 0.1) is 0 Å². The smallest absolute Gasteiger partial charge is 0.416 e. The molecule has 0 radical (unpaired) electrons. The summed E-state index contributed by atoms with van der Waals surface area (Å²) < 4.78 is 37.9. The Morgan fingerprint density at radius 1 is 1.25 bits per heavy atom. The second-order valence-corrected chi connectivity index (χ2v) is 3.62. The van der Waals surface area contributed by atoms with Crippen molar-refractivity contribution >= 4 is 12.0 Å². The van der Waals surface area contributed by atoms with Gasteiger partial charge < -0.3 is 10.4 Å². The molecule has 0 fully saturated rings. The fraction of sp³-hybridized carbons (Fsp3) is 0.273. The second kappa shape index (κ2) is 6.75. The van der Waals surface area contributed by atoms with Crippen molar-refractivity contribution in [3.63, 3.8) is 0 Å². The van der Waals surface area contributed by atoms with E-state index in [9.17, 15) is 22.8 Å². The van der Waals surface area contributed by atoms with Crippen LogP contribution in [0.4, 0.5) is 18.0 Å². The summed E-state index contributed by atoms with van der Waals surface area (Å²) in [6.07, 6.45) is -4.52. The lowest BCUT2D eigenvalue weighted by molar-refractivity contribution is -0.144. The predicted octanol–water partition coefficient (Wildman–Crippen LogP) is 1.52.